The molecule has 0 amide bonds. The first kappa shape index (κ1) is 36.9. The first-order valence-corrected chi connectivity index (χ1v) is 29.4. The zero-order valence-electron chi connectivity index (χ0n) is 25.6. The Balaban J connectivity index is 5.94. The standard InChI is InChI=1S/C21H56O9Si6/c1-22-17-18-26-16-15-19-34(13,29-33(11,12)27-31(5,6)7)30-35(14,28-32(8,9)10)20-21-36(23-2,24-3)25-4/h15-21H2,1-14H3. The molecule has 0 aliphatic carbocycles. The van der Waals surface area contributed by atoms with Crippen LogP contribution in [-0.4, -0.2) is 99.4 Å². The molecule has 0 fully saturated rings. The van der Waals surface area contributed by atoms with Gasteiger partial charge in [-0.25, -0.2) is 0 Å². The first-order valence-electron chi connectivity index (χ1n) is 12.8. The summed E-state index contributed by atoms with van der Waals surface area (Å²) in [5.74, 6) is 0. The van der Waals surface area contributed by atoms with E-state index in [1.165, 1.54) is 0 Å². The number of hydrogen-bond acceptors (Lipinski definition) is 9. The number of methoxy groups -OCH3 is 1. The Morgan fingerprint density at radius 1 is 0.472 bits per heavy atom. The van der Waals surface area contributed by atoms with Gasteiger partial charge in [0.05, 0.1) is 13.2 Å². The average Bonchev–Trinajstić information content (AvgIpc) is 2.68. The van der Waals surface area contributed by atoms with Gasteiger partial charge in [0.2, 0.25) is 0 Å². The fraction of sp³-hybridized carbons (Fsp3) is 1.00. The number of hydrogen-bond donors (Lipinski definition) is 0. The maximum Gasteiger partial charge on any atom is 0.500 e. The van der Waals surface area contributed by atoms with Gasteiger partial charge < -0.3 is 39.2 Å². The Morgan fingerprint density at radius 2 is 0.972 bits per heavy atom. The molecule has 0 bridgehead atoms. The summed E-state index contributed by atoms with van der Waals surface area (Å²) in [7, 11) is -7.75. The summed E-state index contributed by atoms with van der Waals surface area (Å²) in [5.41, 5.74) is 0. The minimum Gasteiger partial charge on any atom is -0.437 e. The van der Waals surface area contributed by atoms with E-state index in [2.05, 4.69) is 65.5 Å². The van der Waals surface area contributed by atoms with Crippen molar-refractivity contribution >= 4 is 51.1 Å². The lowest BCUT2D eigenvalue weighted by atomic mass is 10.5. The molecule has 0 heterocycles. The van der Waals surface area contributed by atoms with Crippen molar-refractivity contribution in [2.45, 2.75) is 90.0 Å². The third-order valence-electron chi connectivity index (χ3n) is 5.14. The van der Waals surface area contributed by atoms with E-state index < -0.39 is 51.1 Å². The lowest BCUT2D eigenvalue weighted by Crippen LogP contribution is -2.60. The predicted octanol–water partition coefficient (Wildman–Crippen LogP) is 5.50. The quantitative estimate of drug-likeness (QED) is 0.122. The highest BCUT2D eigenvalue weighted by Gasteiger charge is 2.51. The monoisotopic (exact) mass is 620 g/mol. The van der Waals surface area contributed by atoms with Crippen molar-refractivity contribution in [2.24, 2.45) is 0 Å². The van der Waals surface area contributed by atoms with Crippen LogP contribution in [0.4, 0.5) is 0 Å². The van der Waals surface area contributed by atoms with E-state index >= 15 is 0 Å². The maximum absolute atomic E-state index is 7.12. The van der Waals surface area contributed by atoms with Crippen LogP contribution in [0.2, 0.25) is 83.6 Å². The molecule has 0 aromatic rings. The molecule has 2 atom stereocenters. The minimum atomic E-state index is -2.78. The van der Waals surface area contributed by atoms with E-state index in [0.29, 0.717) is 31.9 Å². The Kier molecular flexibility index (Phi) is 16.1. The Morgan fingerprint density at radius 3 is 1.42 bits per heavy atom. The SMILES string of the molecule is COCCOCCC[Si](C)(O[Si](C)(C)O[Si](C)(C)C)O[Si](C)(CC[Si](OC)(OC)OC)O[Si](C)(C)C. The molecule has 0 aliphatic rings. The summed E-state index contributed by atoms with van der Waals surface area (Å²) < 4.78 is 55.4. The molecule has 2 unspecified atom stereocenters. The molecule has 36 heavy (non-hydrogen) atoms. The van der Waals surface area contributed by atoms with Crippen LogP contribution in [-0.2, 0) is 39.2 Å². The third kappa shape index (κ3) is 16.1. The fourth-order valence-electron chi connectivity index (χ4n) is 4.30. The summed E-state index contributed by atoms with van der Waals surface area (Å²) >= 11 is 0. The van der Waals surface area contributed by atoms with Crippen molar-refractivity contribution < 1.29 is 39.2 Å². The Bertz CT molecular complexity index is 605. The van der Waals surface area contributed by atoms with Gasteiger partial charge in [-0.3, -0.25) is 0 Å². The zero-order valence-corrected chi connectivity index (χ0v) is 31.6. The molecule has 9 nitrogen and oxygen atoms in total. The summed E-state index contributed by atoms with van der Waals surface area (Å²) in [6, 6.07) is 2.12. The highest BCUT2D eigenvalue weighted by Crippen LogP contribution is 2.33. The van der Waals surface area contributed by atoms with Crippen molar-refractivity contribution in [3.05, 3.63) is 0 Å². The van der Waals surface area contributed by atoms with Gasteiger partial charge in [0.25, 0.3) is 0 Å². The molecule has 0 aromatic heterocycles. The molecule has 0 rings (SSSR count). The average molecular weight is 621 g/mol. The minimum absolute atomic E-state index is 0.582. The predicted molar refractivity (Wildman–Crippen MR) is 160 cm³/mol. The third-order valence-corrected chi connectivity index (χ3v) is 26.5. The van der Waals surface area contributed by atoms with Crippen LogP contribution >= 0.6 is 0 Å². The van der Waals surface area contributed by atoms with Gasteiger partial charge in [0.15, 0.2) is 16.6 Å². The highest BCUT2D eigenvalue weighted by atomic mass is 28.5. The van der Waals surface area contributed by atoms with E-state index in [9.17, 15) is 0 Å². The van der Waals surface area contributed by atoms with Crippen molar-refractivity contribution in [3.8, 4) is 0 Å². The fourth-order valence-corrected chi connectivity index (χ4v) is 31.4. The van der Waals surface area contributed by atoms with Crippen LogP contribution in [0.1, 0.15) is 6.42 Å². The molecule has 0 saturated heterocycles. The number of ether oxygens (including phenoxy) is 2. The van der Waals surface area contributed by atoms with E-state index in [1.54, 1.807) is 28.4 Å². The topological polar surface area (TPSA) is 83.1 Å². The van der Waals surface area contributed by atoms with Gasteiger partial charge in [-0.2, -0.15) is 0 Å². The smallest absolute Gasteiger partial charge is 0.437 e. The van der Waals surface area contributed by atoms with Crippen LogP contribution in [0.25, 0.3) is 0 Å². The molecule has 0 aromatic carbocycles. The second kappa shape index (κ2) is 15.7. The second-order valence-corrected chi connectivity index (χ2v) is 34.9. The summed E-state index contributed by atoms with van der Waals surface area (Å²) in [6.07, 6.45) is 0.841. The van der Waals surface area contributed by atoms with Gasteiger partial charge in [-0.15, -0.1) is 0 Å². The van der Waals surface area contributed by atoms with Crippen LogP contribution in [0.15, 0.2) is 0 Å². The summed E-state index contributed by atoms with van der Waals surface area (Å²) in [5, 5.41) is 0. The van der Waals surface area contributed by atoms with Crippen molar-refractivity contribution in [2.75, 3.05) is 48.3 Å². The number of rotatable bonds is 21. The molecule has 15 heteroatoms. The van der Waals surface area contributed by atoms with Crippen LogP contribution in [0.5, 0.6) is 0 Å². The van der Waals surface area contributed by atoms with Crippen molar-refractivity contribution in [3.63, 3.8) is 0 Å². The first-order chi connectivity index (χ1) is 16.3. The highest BCUT2D eigenvalue weighted by molar-refractivity contribution is 6.91. The van der Waals surface area contributed by atoms with Gasteiger partial charge >= 0.3 is 34.5 Å². The molecular weight excluding hydrogens is 565 g/mol. The Hall–Kier alpha value is 0.941. The molecule has 218 valence electrons. The van der Waals surface area contributed by atoms with Crippen LogP contribution < -0.4 is 0 Å². The Labute approximate surface area is 228 Å². The normalized spacial score (nSPS) is 17.2. The zero-order chi connectivity index (χ0) is 28.3. The van der Waals surface area contributed by atoms with Gasteiger partial charge in [-0.05, 0) is 84.0 Å². The van der Waals surface area contributed by atoms with E-state index in [-0.39, 0.29) is 0 Å². The largest absolute Gasteiger partial charge is 0.500 e. The van der Waals surface area contributed by atoms with E-state index in [1.807, 2.05) is 0 Å². The molecule has 0 aliphatic heterocycles. The van der Waals surface area contributed by atoms with Crippen LogP contribution in [0.3, 0.4) is 0 Å². The van der Waals surface area contributed by atoms with Gasteiger partial charge in [0, 0.05) is 41.1 Å². The molecular formula is C21H56O9Si6. The van der Waals surface area contributed by atoms with Crippen molar-refractivity contribution in [1.29, 1.82) is 0 Å². The lowest BCUT2D eigenvalue weighted by molar-refractivity contribution is 0.0702. The van der Waals surface area contributed by atoms with Gasteiger partial charge in [-0.1, -0.05) is 0 Å². The molecule has 0 spiro atoms. The maximum atomic E-state index is 7.12. The van der Waals surface area contributed by atoms with Crippen molar-refractivity contribution in [1.82, 2.24) is 0 Å². The molecule has 0 N–H and O–H groups in total. The second-order valence-electron chi connectivity index (χ2n) is 11.8. The molecule has 0 radical (unpaired) electrons. The summed E-state index contributed by atoms with van der Waals surface area (Å²) in [6.45, 7) is 23.6. The lowest BCUT2D eigenvalue weighted by Gasteiger charge is -2.44. The van der Waals surface area contributed by atoms with Gasteiger partial charge in [0.1, 0.15) is 0 Å². The summed E-state index contributed by atoms with van der Waals surface area (Å²) in [4.78, 5) is 0. The van der Waals surface area contributed by atoms with Crippen LogP contribution in [0, 0.1) is 0 Å². The van der Waals surface area contributed by atoms with E-state index in [4.69, 9.17) is 39.2 Å². The molecule has 0 saturated carbocycles. The van der Waals surface area contributed by atoms with E-state index in [0.717, 1.165) is 12.5 Å².